The Balaban J connectivity index is 2.00. The molecule has 0 unspecified atom stereocenters. The molecule has 0 amide bonds. The quantitative estimate of drug-likeness (QED) is 0.537. The molecule has 2 aliphatic rings. The van der Waals surface area contributed by atoms with Gasteiger partial charge in [0.1, 0.15) is 11.7 Å². The van der Waals surface area contributed by atoms with E-state index in [4.69, 9.17) is 9.47 Å². The number of nitrogens with one attached hydrogen (secondary N) is 2. The highest BCUT2D eigenvalue weighted by molar-refractivity contribution is 7.88. The van der Waals surface area contributed by atoms with Gasteiger partial charge in [-0.05, 0) is 0 Å². The van der Waals surface area contributed by atoms with Crippen LogP contribution in [0.2, 0.25) is 0 Å². The number of fused-ring (bicyclic) bond motifs is 2. The van der Waals surface area contributed by atoms with Crippen LogP contribution in [0.4, 0.5) is 0 Å². The van der Waals surface area contributed by atoms with E-state index in [1.54, 1.807) is 0 Å². The van der Waals surface area contributed by atoms with Crippen LogP contribution in [0.15, 0.2) is 21.9 Å². The predicted molar refractivity (Wildman–Crippen MR) is 72.8 cm³/mol. The number of rotatable bonds is 4. The van der Waals surface area contributed by atoms with Crippen LogP contribution in [0.25, 0.3) is 0 Å². The third-order valence-corrected chi connectivity index (χ3v) is 4.47. The van der Waals surface area contributed by atoms with E-state index in [-0.39, 0.29) is 6.61 Å². The standard InChI is InChI=1S/C11H15N3O7S/c1-22(18,19)13-8-7-9(21-11(8,4-15)5-20-7)14-3-2-6(16)12-10(14)17/h2-3,7-9,13,15H,4-5H2,1H3,(H,12,16,17)/t7-,8+,9-,11+/m1/s1. The molecule has 0 radical (unpaired) electrons. The fourth-order valence-electron chi connectivity index (χ4n) is 2.81. The number of nitrogens with zero attached hydrogens (tertiary/aromatic N) is 1. The second-order valence-corrected chi connectivity index (χ2v) is 7.17. The lowest BCUT2D eigenvalue weighted by atomic mass is 9.98. The summed E-state index contributed by atoms with van der Waals surface area (Å²) in [7, 11) is -3.57. The number of aliphatic hydroxyl groups is 1. The van der Waals surface area contributed by atoms with E-state index in [0.717, 1.165) is 16.9 Å². The summed E-state index contributed by atoms with van der Waals surface area (Å²) in [6.45, 7) is -0.485. The molecule has 2 fully saturated rings. The van der Waals surface area contributed by atoms with Crippen LogP contribution in [-0.4, -0.2) is 60.3 Å². The molecule has 2 bridgehead atoms. The van der Waals surface area contributed by atoms with Gasteiger partial charge in [-0.25, -0.2) is 17.9 Å². The molecule has 2 saturated heterocycles. The summed E-state index contributed by atoms with van der Waals surface area (Å²) in [5.41, 5.74) is -2.54. The number of sulfonamides is 1. The van der Waals surface area contributed by atoms with Gasteiger partial charge in [-0.1, -0.05) is 0 Å². The van der Waals surface area contributed by atoms with Crippen molar-refractivity contribution < 1.29 is 23.0 Å². The summed E-state index contributed by atoms with van der Waals surface area (Å²) >= 11 is 0. The fourth-order valence-corrected chi connectivity index (χ4v) is 3.62. The monoisotopic (exact) mass is 333 g/mol. The fraction of sp³-hybridized carbons (Fsp3) is 0.636. The number of aromatic amines is 1. The van der Waals surface area contributed by atoms with E-state index in [0.29, 0.717) is 0 Å². The van der Waals surface area contributed by atoms with E-state index in [1.165, 1.54) is 6.20 Å². The number of hydrogen-bond acceptors (Lipinski definition) is 7. The molecular weight excluding hydrogens is 318 g/mol. The minimum absolute atomic E-state index is 0.00401. The van der Waals surface area contributed by atoms with Crippen LogP contribution >= 0.6 is 0 Å². The Labute approximate surface area is 124 Å². The van der Waals surface area contributed by atoms with Crippen molar-refractivity contribution in [3.63, 3.8) is 0 Å². The van der Waals surface area contributed by atoms with Crippen molar-refractivity contribution in [3.8, 4) is 0 Å². The van der Waals surface area contributed by atoms with E-state index >= 15 is 0 Å². The highest BCUT2D eigenvalue weighted by Crippen LogP contribution is 2.44. The summed E-state index contributed by atoms with van der Waals surface area (Å²) in [4.78, 5) is 25.1. The summed E-state index contributed by atoms with van der Waals surface area (Å²) in [6.07, 6.45) is 0.463. The van der Waals surface area contributed by atoms with E-state index in [9.17, 15) is 23.1 Å². The predicted octanol–water partition coefficient (Wildman–Crippen LogP) is -2.89. The minimum Gasteiger partial charge on any atom is -0.393 e. The molecule has 0 aromatic carbocycles. The van der Waals surface area contributed by atoms with Crippen LogP contribution in [0.5, 0.6) is 0 Å². The SMILES string of the molecule is CS(=O)(=O)N[C@H]1[C@H]2OC[C@]1(CO)O[C@H]2n1ccc(=O)[nH]c1=O. The summed E-state index contributed by atoms with van der Waals surface area (Å²) in [5.74, 6) is 0. The van der Waals surface area contributed by atoms with Gasteiger partial charge >= 0.3 is 5.69 Å². The van der Waals surface area contributed by atoms with Gasteiger partial charge in [-0.2, -0.15) is 0 Å². The Bertz CT molecular complexity index is 800. The second-order valence-electron chi connectivity index (χ2n) is 5.39. The molecule has 0 spiro atoms. The summed E-state index contributed by atoms with van der Waals surface area (Å²) in [5, 5.41) is 9.60. The van der Waals surface area contributed by atoms with E-state index < -0.39 is 51.9 Å². The molecular formula is C11H15N3O7S. The molecule has 0 saturated carbocycles. The molecule has 22 heavy (non-hydrogen) atoms. The molecule has 0 aliphatic carbocycles. The lowest BCUT2D eigenvalue weighted by molar-refractivity contribution is -0.185. The van der Waals surface area contributed by atoms with Crippen LogP contribution in [0.1, 0.15) is 6.23 Å². The maximum atomic E-state index is 11.9. The Hall–Kier alpha value is -1.53. The molecule has 2 aliphatic heterocycles. The summed E-state index contributed by atoms with van der Waals surface area (Å²) in [6, 6.07) is 0.304. The van der Waals surface area contributed by atoms with Gasteiger partial charge in [-0.15, -0.1) is 0 Å². The van der Waals surface area contributed by atoms with Gasteiger partial charge in [0.25, 0.3) is 5.56 Å². The van der Waals surface area contributed by atoms with Crippen molar-refractivity contribution in [2.75, 3.05) is 19.5 Å². The van der Waals surface area contributed by atoms with E-state index in [1.807, 2.05) is 0 Å². The zero-order valence-corrected chi connectivity index (χ0v) is 12.4. The van der Waals surface area contributed by atoms with Crippen molar-refractivity contribution in [3.05, 3.63) is 33.1 Å². The third kappa shape index (κ3) is 2.40. The maximum absolute atomic E-state index is 11.9. The summed E-state index contributed by atoms with van der Waals surface area (Å²) < 4.78 is 37.7. The number of aromatic nitrogens is 2. The smallest absolute Gasteiger partial charge is 0.330 e. The van der Waals surface area contributed by atoms with Crippen LogP contribution < -0.4 is 16.0 Å². The molecule has 4 atom stereocenters. The number of aliphatic hydroxyl groups excluding tert-OH is 1. The van der Waals surface area contributed by atoms with Crippen molar-refractivity contribution in [1.29, 1.82) is 0 Å². The van der Waals surface area contributed by atoms with Gasteiger partial charge < -0.3 is 14.6 Å². The number of hydrogen-bond donors (Lipinski definition) is 3. The molecule has 10 nitrogen and oxygen atoms in total. The average molecular weight is 333 g/mol. The maximum Gasteiger partial charge on any atom is 0.330 e. The lowest BCUT2D eigenvalue weighted by Gasteiger charge is -2.30. The zero-order valence-electron chi connectivity index (χ0n) is 11.6. The molecule has 3 N–H and O–H groups in total. The molecule has 1 aromatic rings. The molecule has 11 heteroatoms. The van der Waals surface area contributed by atoms with Gasteiger partial charge in [0.2, 0.25) is 10.0 Å². The Kier molecular flexibility index (Phi) is 3.49. The first-order chi connectivity index (χ1) is 10.3. The third-order valence-electron chi connectivity index (χ3n) is 3.79. The molecule has 1 aromatic heterocycles. The van der Waals surface area contributed by atoms with Gasteiger partial charge in [-0.3, -0.25) is 14.3 Å². The molecule has 122 valence electrons. The largest absolute Gasteiger partial charge is 0.393 e. The van der Waals surface area contributed by atoms with Crippen molar-refractivity contribution in [2.45, 2.75) is 24.0 Å². The van der Waals surface area contributed by atoms with Crippen LogP contribution in [0.3, 0.4) is 0 Å². The first-order valence-corrected chi connectivity index (χ1v) is 8.34. The first kappa shape index (κ1) is 15.4. The highest BCUT2D eigenvalue weighted by Gasteiger charge is 2.62. The van der Waals surface area contributed by atoms with Gasteiger partial charge in [0, 0.05) is 12.3 Å². The molecule has 3 heterocycles. The molecule has 3 rings (SSSR count). The Morgan fingerprint density at radius 2 is 2.27 bits per heavy atom. The van der Waals surface area contributed by atoms with Gasteiger partial charge in [0.05, 0.1) is 25.5 Å². The topological polar surface area (TPSA) is 140 Å². The van der Waals surface area contributed by atoms with Crippen molar-refractivity contribution in [2.24, 2.45) is 0 Å². The van der Waals surface area contributed by atoms with Gasteiger partial charge in [0.15, 0.2) is 6.23 Å². The second kappa shape index (κ2) is 4.99. The number of ether oxygens (including phenoxy) is 2. The van der Waals surface area contributed by atoms with Crippen molar-refractivity contribution in [1.82, 2.24) is 14.3 Å². The van der Waals surface area contributed by atoms with Crippen LogP contribution in [-0.2, 0) is 19.5 Å². The Morgan fingerprint density at radius 3 is 2.86 bits per heavy atom. The lowest BCUT2D eigenvalue weighted by Crippen LogP contribution is -2.52. The van der Waals surface area contributed by atoms with Crippen molar-refractivity contribution >= 4 is 10.0 Å². The van der Waals surface area contributed by atoms with Crippen LogP contribution in [0, 0.1) is 0 Å². The highest BCUT2D eigenvalue weighted by atomic mass is 32.2. The minimum atomic E-state index is -3.57. The number of H-pyrrole nitrogens is 1. The average Bonchev–Trinajstić information content (AvgIpc) is 2.89. The zero-order chi connectivity index (χ0) is 16.1. The van der Waals surface area contributed by atoms with E-state index in [2.05, 4.69) is 9.71 Å². The first-order valence-electron chi connectivity index (χ1n) is 6.45. The normalized spacial score (nSPS) is 34.2. The Morgan fingerprint density at radius 1 is 1.55 bits per heavy atom.